The lowest BCUT2D eigenvalue weighted by Gasteiger charge is -2.23. The molecule has 1 aromatic carbocycles. The van der Waals surface area contributed by atoms with Gasteiger partial charge < -0.3 is 31.8 Å². The number of H-pyrrole nitrogens is 1. The molecule has 0 fully saturated rings. The number of hydrogen-bond acceptors (Lipinski definition) is 6. The molecule has 7 N–H and O–H groups in total. The number of nitrogens with one attached hydrogen (secondary N) is 4. The number of aromatic nitrogens is 1. The summed E-state index contributed by atoms with van der Waals surface area (Å²) in [5, 5.41) is 18.0. The van der Waals surface area contributed by atoms with Gasteiger partial charge in [0.05, 0.1) is 6.04 Å². The molecular formula is C22H31N5O5S. The molecule has 33 heavy (non-hydrogen) atoms. The lowest BCUT2D eigenvalue weighted by Crippen LogP contribution is -2.56. The van der Waals surface area contributed by atoms with Crippen molar-refractivity contribution in [1.29, 1.82) is 0 Å². The molecule has 0 saturated carbocycles. The molecule has 4 unspecified atom stereocenters. The molecule has 2 rings (SSSR count). The van der Waals surface area contributed by atoms with Crippen LogP contribution >= 0.6 is 11.8 Å². The third-order valence-electron chi connectivity index (χ3n) is 5.12. The lowest BCUT2D eigenvalue weighted by molar-refractivity contribution is -0.142. The maximum atomic E-state index is 13.1. The van der Waals surface area contributed by atoms with Crippen molar-refractivity contribution in [1.82, 2.24) is 20.9 Å². The maximum Gasteiger partial charge on any atom is 0.326 e. The number of carboxylic acids is 1. The highest BCUT2D eigenvalue weighted by atomic mass is 32.2. The van der Waals surface area contributed by atoms with Crippen molar-refractivity contribution in [3.8, 4) is 0 Å². The molecular weight excluding hydrogens is 446 g/mol. The number of nitrogens with two attached hydrogens (primary N) is 1. The number of amides is 3. The van der Waals surface area contributed by atoms with Gasteiger partial charge in [0.15, 0.2) is 0 Å². The van der Waals surface area contributed by atoms with Gasteiger partial charge in [0.2, 0.25) is 17.7 Å². The van der Waals surface area contributed by atoms with Crippen molar-refractivity contribution in [2.24, 2.45) is 5.73 Å². The van der Waals surface area contributed by atoms with E-state index in [-0.39, 0.29) is 12.8 Å². The first-order chi connectivity index (χ1) is 15.6. The molecule has 0 aliphatic rings. The van der Waals surface area contributed by atoms with E-state index in [1.807, 2.05) is 30.5 Å². The molecule has 10 nitrogen and oxygen atoms in total. The summed E-state index contributed by atoms with van der Waals surface area (Å²) in [5.41, 5.74) is 7.19. The van der Waals surface area contributed by atoms with E-state index in [1.165, 1.54) is 25.6 Å². The van der Waals surface area contributed by atoms with Crippen LogP contribution in [0.25, 0.3) is 10.9 Å². The van der Waals surface area contributed by atoms with Gasteiger partial charge >= 0.3 is 5.97 Å². The Morgan fingerprint density at radius 1 is 1.03 bits per heavy atom. The van der Waals surface area contributed by atoms with Gasteiger partial charge in [-0.2, -0.15) is 11.8 Å². The Bertz CT molecular complexity index is 992. The minimum Gasteiger partial charge on any atom is -0.480 e. The number of carboxylic acid groups (broad SMARTS) is 1. The molecule has 180 valence electrons. The zero-order valence-electron chi connectivity index (χ0n) is 18.9. The quantitative estimate of drug-likeness (QED) is 0.257. The Labute approximate surface area is 196 Å². The molecule has 0 radical (unpaired) electrons. The van der Waals surface area contributed by atoms with Crippen LogP contribution in [0.5, 0.6) is 0 Å². The first-order valence-electron chi connectivity index (χ1n) is 10.6. The summed E-state index contributed by atoms with van der Waals surface area (Å²) in [5.74, 6) is -2.30. The molecule has 4 atom stereocenters. The van der Waals surface area contributed by atoms with Crippen LogP contribution in [0, 0.1) is 0 Å². The highest BCUT2D eigenvalue weighted by molar-refractivity contribution is 7.98. The second-order valence-electron chi connectivity index (χ2n) is 7.82. The van der Waals surface area contributed by atoms with E-state index in [2.05, 4.69) is 20.9 Å². The van der Waals surface area contributed by atoms with Crippen LogP contribution in [0.15, 0.2) is 30.5 Å². The van der Waals surface area contributed by atoms with Crippen LogP contribution in [-0.4, -0.2) is 70.0 Å². The van der Waals surface area contributed by atoms with Crippen LogP contribution in [0.4, 0.5) is 0 Å². The number of thioether (sulfide) groups is 1. The zero-order chi connectivity index (χ0) is 24.5. The standard InChI is InChI=1S/C22H31N5O5S/c1-12(23)19(28)25-13(2)20(29)27-18(21(30)26-17(22(31)32)8-9-33-3)10-14-11-24-16-7-5-4-6-15(14)16/h4-7,11-13,17-18,24H,8-10,23H2,1-3H3,(H,25,28)(H,26,30)(H,27,29)(H,31,32). The number of rotatable bonds is 12. The molecule has 1 aromatic heterocycles. The van der Waals surface area contributed by atoms with Gasteiger partial charge in [-0.25, -0.2) is 4.79 Å². The number of carbonyl (C=O) groups excluding carboxylic acids is 3. The summed E-state index contributed by atoms with van der Waals surface area (Å²) in [6.45, 7) is 2.97. The number of carbonyl (C=O) groups is 4. The molecule has 1 heterocycles. The third-order valence-corrected chi connectivity index (χ3v) is 5.77. The van der Waals surface area contributed by atoms with E-state index in [1.54, 1.807) is 6.20 Å². The Hall–Kier alpha value is -3.05. The molecule has 3 amide bonds. The lowest BCUT2D eigenvalue weighted by atomic mass is 10.0. The molecule has 2 aromatic rings. The number of fused-ring (bicyclic) bond motifs is 1. The molecule has 0 aliphatic heterocycles. The second kappa shape index (κ2) is 12.3. The number of para-hydroxylation sites is 1. The van der Waals surface area contributed by atoms with Gasteiger partial charge in [0.1, 0.15) is 18.1 Å². The predicted molar refractivity (Wildman–Crippen MR) is 128 cm³/mol. The average Bonchev–Trinajstić information content (AvgIpc) is 3.18. The van der Waals surface area contributed by atoms with Crippen LogP contribution in [0.1, 0.15) is 25.8 Å². The van der Waals surface area contributed by atoms with Gasteiger partial charge in [-0.15, -0.1) is 0 Å². The van der Waals surface area contributed by atoms with E-state index in [0.717, 1.165) is 16.5 Å². The van der Waals surface area contributed by atoms with Crippen LogP contribution < -0.4 is 21.7 Å². The minimum atomic E-state index is -1.15. The second-order valence-corrected chi connectivity index (χ2v) is 8.81. The monoisotopic (exact) mass is 477 g/mol. The van der Waals surface area contributed by atoms with E-state index in [0.29, 0.717) is 5.75 Å². The van der Waals surface area contributed by atoms with Gasteiger partial charge in [0, 0.05) is 23.5 Å². The van der Waals surface area contributed by atoms with Gasteiger partial charge in [-0.3, -0.25) is 14.4 Å². The predicted octanol–water partition coefficient (Wildman–Crippen LogP) is 0.370. The van der Waals surface area contributed by atoms with E-state index < -0.39 is 47.9 Å². The largest absolute Gasteiger partial charge is 0.480 e. The highest BCUT2D eigenvalue weighted by Gasteiger charge is 2.29. The van der Waals surface area contributed by atoms with Gasteiger partial charge in [-0.1, -0.05) is 18.2 Å². The highest BCUT2D eigenvalue weighted by Crippen LogP contribution is 2.19. The summed E-state index contributed by atoms with van der Waals surface area (Å²) < 4.78 is 0. The molecule has 0 aliphatic carbocycles. The topological polar surface area (TPSA) is 166 Å². The summed E-state index contributed by atoms with van der Waals surface area (Å²) in [4.78, 5) is 52.3. The summed E-state index contributed by atoms with van der Waals surface area (Å²) in [7, 11) is 0. The SMILES string of the molecule is CSCCC(NC(=O)C(Cc1c[nH]c2ccccc12)NC(=O)C(C)NC(=O)C(C)N)C(=O)O. The smallest absolute Gasteiger partial charge is 0.326 e. The van der Waals surface area contributed by atoms with E-state index in [9.17, 15) is 24.3 Å². The normalized spacial score (nSPS) is 14.7. The zero-order valence-corrected chi connectivity index (χ0v) is 19.7. The van der Waals surface area contributed by atoms with Crippen LogP contribution in [0.2, 0.25) is 0 Å². The Balaban J connectivity index is 2.23. The van der Waals surface area contributed by atoms with Crippen LogP contribution in [0.3, 0.4) is 0 Å². The Kier molecular flexibility index (Phi) is 9.74. The summed E-state index contributed by atoms with van der Waals surface area (Å²) in [6.07, 6.45) is 3.97. The fourth-order valence-corrected chi connectivity index (χ4v) is 3.67. The van der Waals surface area contributed by atoms with Crippen molar-refractivity contribution >= 4 is 46.4 Å². The number of aromatic amines is 1. The fourth-order valence-electron chi connectivity index (χ4n) is 3.20. The van der Waals surface area contributed by atoms with Crippen molar-refractivity contribution in [2.45, 2.75) is 50.9 Å². The van der Waals surface area contributed by atoms with Crippen molar-refractivity contribution in [3.63, 3.8) is 0 Å². The third kappa shape index (κ3) is 7.50. The van der Waals surface area contributed by atoms with Crippen molar-refractivity contribution in [2.75, 3.05) is 12.0 Å². The van der Waals surface area contributed by atoms with Gasteiger partial charge in [-0.05, 0) is 43.9 Å². The summed E-state index contributed by atoms with van der Waals surface area (Å²) >= 11 is 1.47. The molecule has 0 spiro atoms. The molecule has 0 bridgehead atoms. The number of benzene rings is 1. The van der Waals surface area contributed by atoms with E-state index in [4.69, 9.17) is 5.73 Å². The maximum absolute atomic E-state index is 13.1. The van der Waals surface area contributed by atoms with Crippen molar-refractivity contribution in [3.05, 3.63) is 36.0 Å². The van der Waals surface area contributed by atoms with Crippen LogP contribution in [-0.2, 0) is 25.6 Å². The summed E-state index contributed by atoms with van der Waals surface area (Å²) in [6, 6.07) is 3.66. The first-order valence-corrected chi connectivity index (χ1v) is 12.0. The molecule has 11 heteroatoms. The van der Waals surface area contributed by atoms with Crippen molar-refractivity contribution < 1.29 is 24.3 Å². The number of hydrogen-bond donors (Lipinski definition) is 6. The average molecular weight is 478 g/mol. The first kappa shape index (κ1) is 26.2. The fraction of sp³-hybridized carbons (Fsp3) is 0.455. The Morgan fingerprint density at radius 2 is 1.70 bits per heavy atom. The van der Waals surface area contributed by atoms with Gasteiger partial charge in [0.25, 0.3) is 0 Å². The minimum absolute atomic E-state index is 0.129. The Morgan fingerprint density at radius 3 is 2.33 bits per heavy atom. The molecule has 0 saturated heterocycles. The van der Waals surface area contributed by atoms with E-state index >= 15 is 0 Å². The number of aliphatic carboxylic acids is 1.